The molecule has 0 aromatic heterocycles. The van der Waals surface area contributed by atoms with E-state index in [-0.39, 0.29) is 11.9 Å². The number of rotatable bonds is 2. The summed E-state index contributed by atoms with van der Waals surface area (Å²) in [6.45, 7) is 2.99. The zero-order valence-electron chi connectivity index (χ0n) is 10.3. The Balaban J connectivity index is 1.93. The zero-order valence-corrected chi connectivity index (χ0v) is 10.3. The van der Waals surface area contributed by atoms with Crippen molar-refractivity contribution in [1.82, 2.24) is 5.32 Å². The molecule has 0 bridgehead atoms. The maximum Gasteiger partial charge on any atom is 0.241 e. The van der Waals surface area contributed by atoms with Crippen molar-refractivity contribution < 1.29 is 4.79 Å². The number of aryl methyl sites for hydroxylation is 1. The van der Waals surface area contributed by atoms with E-state index < -0.39 is 0 Å². The Morgan fingerprint density at radius 2 is 2.00 bits per heavy atom. The molecule has 3 nitrogen and oxygen atoms in total. The molecule has 3 heteroatoms. The van der Waals surface area contributed by atoms with Gasteiger partial charge in [0.2, 0.25) is 5.91 Å². The van der Waals surface area contributed by atoms with Gasteiger partial charge in [0.1, 0.15) is 0 Å². The summed E-state index contributed by atoms with van der Waals surface area (Å²) in [6, 6.07) is 7.89. The highest BCUT2D eigenvalue weighted by atomic mass is 16.2. The van der Waals surface area contributed by atoms with Gasteiger partial charge in [-0.25, -0.2) is 0 Å². The molecule has 1 aromatic rings. The lowest BCUT2D eigenvalue weighted by Crippen LogP contribution is -2.39. The molecule has 2 rings (SSSR count). The minimum absolute atomic E-state index is 0.0289. The first-order valence-corrected chi connectivity index (χ1v) is 6.36. The van der Waals surface area contributed by atoms with Crippen LogP contribution in [0.4, 0.5) is 5.69 Å². The molecule has 1 atom stereocenters. The van der Waals surface area contributed by atoms with Gasteiger partial charge in [0, 0.05) is 5.69 Å². The fourth-order valence-electron chi connectivity index (χ4n) is 2.12. The topological polar surface area (TPSA) is 41.1 Å². The van der Waals surface area contributed by atoms with E-state index in [9.17, 15) is 4.79 Å². The second-order valence-electron chi connectivity index (χ2n) is 4.71. The van der Waals surface area contributed by atoms with Gasteiger partial charge in [0.05, 0.1) is 6.04 Å². The van der Waals surface area contributed by atoms with Crippen LogP contribution in [0.25, 0.3) is 0 Å². The van der Waals surface area contributed by atoms with Crippen LogP contribution in [0.1, 0.15) is 31.2 Å². The Morgan fingerprint density at radius 3 is 2.76 bits per heavy atom. The molecular weight excluding hydrogens is 212 g/mol. The summed E-state index contributed by atoms with van der Waals surface area (Å²) in [5.74, 6) is 0.0933. The Morgan fingerprint density at radius 1 is 1.24 bits per heavy atom. The lowest BCUT2D eigenvalue weighted by molar-refractivity contribution is -0.118. The summed E-state index contributed by atoms with van der Waals surface area (Å²) in [6.07, 6.45) is 4.48. The van der Waals surface area contributed by atoms with Crippen LogP contribution in [0, 0.1) is 6.92 Å². The average Bonchev–Trinajstić information content (AvgIpc) is 2.61. The van der Waals surface area contributed by atoms with Crippen molar-refractivity contribution in [2.45, 2.75) is 38.6 Å². The lowest BCUT2D eigenvalue weighted by Gasteiger charge is -2.15. The first kappa shape index (κ1) is 12.1. The van der Waals surface area contributed by atoms with Gasteiger partial charge in [-0.1, -0.05) is 30.5 Å². The van der Waals surface area contributed by atoms with Crippen LogP contribution in [0.15, 0.2) is 24.3 Å². The number of carbonyl (C=O) groups excluding carboxylic acids is 1. The molecule has 0 radical (unpaired) electrons. The first-order valence-electron chi connectivity index (χ1n) is 6.36. The van der Waals surface area contributed by atoms with Crippen molar-refractivity contribution in [1.29, 1.82) is 0 Å². The molecular formula is C14H20N2O. The van der Waals surface area contributed by atoms with Crippen molar-refractivity contribution in [3.05, 3.63) is 29.8 Å². The molecule has 1 amide bonds. The summed E-state index contributed by atoms with van der Waals surface area (Å²) in [4.78, 5) is 12.0. The van der Waals surface area contributed by atoms with Crippen LogP contribution in [-0.4, -0.2) is 18.5 Å². The monoisotopic (exact) mass is 232 g/mol. The molecule has 0 saturated carbocycles. The molecule has 1 aliphatic heterocycles. The fraction of sp³-hybridized carbons (Fsp3) is 0.500. The normalized spacial score (nSPS) is 20.6. The average molecular weight is 232 g/mol. The van der Waals surface area contributed by atoms with Crippen molar-refractivity contribution in [3.8, 4) is 0 Å². The Bertz CT molecular complexity index is 364. The van der Waals surface area contributed by atoms with Crippen LogP contribution < -0.4 is 10.6 Å². The van der Waals surface area contributed by atoms with E-state index in [1.54, 1.807) is 0 Å². The number of hydrogen-bond acceptors (Lipinski definition) is 2. The molecule has 17 heavy (non-hydrogen) atoms. The quantitative estimate of drug-likeness (QED) is 0.822. The fourth-order valence-corrected chi connectivity index (χ4v) is 2.12. The molecule has 1 aliphatic rings. The lowest BCUT2D eigenvalue weighted by atomic mass is 10.1. The number of anilines is 1. The summed E-state index contributed by atoms with van der Waals surface area (Å²) in [7, 11) is 0. The molecule has 0 spiro atoms. The van der Waals surface area contributed by atoms with Crippen LogP contribution in [0.5, 0.6) is 0 Å². The maximum absolute atomic E-state index is 12.0. The van der Waals surface area contributed by atoms with Crippen molar-refractivity contribution >= 4 is 11.6 Å². The van der Waals surface area contributed by atoms with E-state index >= 15 is 0 Å². The highest BCUT2D eigenvalue weighted by Crippen LogP contribution is 2.12. The molecule has 1 fully saturated rings. The Hall–Kier alpha value is -1.35. The minimum atomic E-state index is -0.0289. The van der Waals surface area contributed by atoms with Gasteiger partial charge in [-0.05, 0) is 38.4 Å². The predicted molar refractivity (Wildman–Crippen MR) is 70.1 cm³/mol. The summed E-state index contributed by atoms with van der Waals surface area (Å²) >= 11 is 0. The van der Waals surface area contributed by atoms with E-state index in [4.69, 9.17) is 0 Å². The second kappa shape index (κ2) is 5.82. The van der Waals surface area contributed by atoms with E-state index in [2.05, 4.69) is 10.6 Å². The van der Waals surface area contributed by atoms with Gasteiger partial charge in [-0.15, -0.1) is 0 Å². The van der Waals surface area contributed by atoms with Gasteiger partial charge in [-0.2, -0.15) is 0 Å². The highest BCUT2D eigenvalue weighted by molar-refractivity contribution is 5.94. The molecule has 2 N–H and O–H groups in total. The van der Waals surface area contributed by atoms with Crippen molar-refractivity contribution in [2.75, 3.05) is 11.9 Å². The van der Waals surface area contributed by atoms with E-state index in [1.807, 2.05) is 31.2 Å². The summed E-state index contributed by atoms with van der Waals surface area (Å²) < 4.78 is 0. The number of carbonyl (C=O) groups is 1. The molecule has 92 valence electrons. The van der Waals surface area contributed by atoms with Crippen LogP contribution in [0.3, 0.4) is 0 Å². The van der Waals surface area contributed by atoms with Gasteiger partial charge in [0.15, 0.2) is 0 Å². The third-order valence-electron chi connectivity index (χ3n) is 3.20. The van der Waals surface area contributed by atoms with Crippen LogP contribution in [0.2, 0.25) is 0 Å². The maximum atomic E-state index is 12.0. The third kappa shape index (κ3) is 3.56. The highest BCUT2D eigenvalue weighted by Gasteiger charge is 2.19. The molecule has 1 saturated heterocycles. The summed E-state index contributed by atoms with van der Waals surface area (Å²) in [5, 5.41) is 6.27. The Kier molecular flexibility index (Phi) is 4.15. The SMILES string of the molecule is Cc1ccc(NC(=O)C2CCCCCN2)cc1. The van der Waals surface area contributed by atoms with Gasteiger partial charge in [0.25, 0.3) is 0 Å². The van der Waals surface area contributed by atoms with Crippen molar-refractivity contribution in [3.63, 3.8) is 0 Å². The Labute approximate surface area is 103 Å². The predicted octanol–water partition coefficient (Wildman–Crippen LogP) is 2.47. The van der Waals surface area contributed by atoms with E-state index in [0.29, 0.717) is 0 Å². The van der Waals surface area contributed by atoms with Crippen LogP contribution >= 0.6 is 0 Å². The van der Waals surface area contributed by atoms with E-state index in [1.165, 1.54) is 18.4 Å². The van der Waals surface area contributed by atoms with Gasteiger partial charge >= 0.3 is 0 Å². The number of hydrogen-bond donors (Lipinski definition) is 2. The molecule has 1 heterocycles. The molecule has 0 aliphatic carbocycles. The largest absolute Gasteiger partial charge is 0.325 e. The standard InChI is InChI=1S/C14H20N2O/c1-11-6-8-12(9-7-11)16-14(17)13-5-3-2-4-10-15-13/h6-9,13,15H,2-5,10H2,1H3,(H,16,17). The van der Waals surface area contributed by atoms with Crippen molar-refractivity contribution in [2.24, 2.45) is 0 Å². The second-order valence-corrected chi connectivity index (χ2v) is 4.71. The van der Waals surface area contributed by atoms with Gasteiger partial charge < -0.3 is 10.6 Å². The van der Waals surface area contributed by atoms with Crippen LogP contribution in [-0.2, 0) is 4.79 Å². The molecule has 1 unspecified atom stereocenters. The number of amides is 1. The number of benzene rings is 1. The molecule has 1 aromatic carbocycles. The number of nitrogens with one attached hydrogen (secondary N) is 2. The zero-order chi connectivity index (χ0) is 12.1. The summed E-state index contributed by atoms with van der Waals surface area (Å²) in [5.41, 5.74) is 2.09. The smallest absolute Gasteiger partial charge is 0.241 e. The minimum Gasteiger partial charge on any atom is -0.325 e. The van der Waals surface area contributed by atoms with E-state index in [0.717, 1.165) is 25.1 Å². The third-order valence-corrected chi connectivity index (χ3v) is 3.20. The first-order chi connectivity index (χ1) is 8.25. The van der Waals surface area contributed by atoms with Gasteiger partial charge in [-0.3, -0.25) is 4.79 Å².